The van der Waals surface area contributed by atoms with E-state index in [2.05, 4.69) is 28.4 Å². The fraction of sp³-hybridized carbons (Fsp3) is 0.389. The minimum Gasteiger partial charge on any atom is -0.338 e. The lowest BCUT2D eigenvalue weighted by Gasteiger charge is -2.34. The molecule has 23 heavy (non-hydrogen) atoms. The summed E-state index contributed by atoms with van der Waals surface area (Å²) in [6, 6.07) is 14.2. The molecule has 1 aromatic heterocycles. The van der Waals surface area contributed by atoms with Gasteiger partial charge in [0.1, 0.15) is 6.04 Å². The number of hydrogen-bond acceptors (Lipinski definition) is 4. The third-order valence-corrected chi connectivity index (χ3v) is 5.12. The highest BCUT2D eigenvalue weighted by Gasteiger charge is 2.30. The number of piperazine rings is 1. The Kier molecular flexibility index (Phi) is 5.43. The van der Waals surface area contributed by atoms with E-state index in [4.69, 9.17) is 0 Å². The molecule has 1 aromatic carbocycles. The first-order valence-electron chi connectivity index (χ1n) is 8.03. The summed E-state index contributed by atoms with van der Waals surface area (Å²) in [5.41, 5.74) is 1.23. The number of carbonyl (C=O) groups is 1. The van der Waals surface area contributed by atoms with Crippen molar-refractivity contribution in [3.05, 3.63) is 58.3 Å². The van der Waals surface area contributed by atoms with Crippen molar-refractivity contribution in [1.29, 1.82) is 0 Å². The van der Waals surface area contributed by atoms with Gasteiger partial charge < -0.3 is 10.2 Å². The lowest BCUT2D eigenvalue weighted by atomic mass is 10.1. The number of nitrogens with one attached hydrogen (secondary N) is 1. The van der Waals surface area contributed by atoms with E-state index in [0.29, 0.717) is 0 Å². The zero-order valence-electron chi connectivity index (χ0n) is 13.4. The maximum absolute atomic E-state index is 13.1. The lowest BCUT2D eigenvalue weighted by Crippen LogP contribution is -2.50. The van der Waals surface area contributed by atoms with Crippen LogP contribution in [0.3, 0.4) is 0 Å². The van der Waals surface area contributed by atoms with Crippen LogP contribution in [0.1, 0.15) is 16.5 Å². The van der Waals surface area contributed by atoms with Gasteiger partial charge >= 0.3 is 0 Å². The summed E-state index contributed by atoms with van der Waals surface area (Å²) in [6.07, 6.45) is 0. The second-order valence-corrected chi connectivity index (χ2v) is 6.87. The summed E-state index contributed by atoms with van der Waals surface area (Å²) < 4.78 is 0. The number of hydrogen-bond donors (Lipinski definition) is 1. The third kappa shape index (κ3) is 3.99. The molecular formula is C18H23N3OS. The van der Waals surface area contributed by atoms with Gasteiger partial charge in [-0.05, 0) is 24.1 Å². The van der Waals surface area contributed by atoms with E-state index in [-0.39, 0.29) is 11.9 Å². The number of thiophene rings is 1. The van der Waals surface area contributed by atoms with Crippen molar-refractivity contribution >= 4 is 17.2 Å². The van der Waals surface area contributed by atoms with E-state index in [1.807, 2.05) is 41.6 Å². The summed E-state index contributed by atoms with van der Waals surface area (Å²) in [5.74, 6) is 0.215. The quantitative estimate of drug-likeness (QED) is 0.915. The fourth-order valence-corrected chi connectivity index (χ4v) is 3.88. The van der Waals surface area contributed by atoms with E-state index in [0.717, 1.165) is 37.6 Å². The zero-order valence-corrected chi connectivity index (χ0v) is 14.3. The highest BCUT2D eigenvalue weighted by molar-refractivity contribution is 7.10. The summed E-state index contributed by atoms with van der Waals surface area (Å²) >= 11 is 1.66. The molecule has 0 aliphatic carbocycles. The molecule has 0 radical (unpaired) electrons. The van der Waals surface area contributed by atoms with Gasteiger partial charge in [-0.2, -0.15) is 0 Å². The number of rotatable bonds is 5. The Bertz CT molecular complexity index is 608. The Morgan fingerprint density at radius 2 is 1.96 bits per heavy atom. The Morgan fingerprint density at radius 3 is 2.61 bits per heavy atom. The number of likely N-dealkylation sites (N-methyl/N-ethyl adjacent to an activating group) is 1. The average Bonchev–Trinajstić information content (AvgIpc) is 3.11. The lowest BCUT2D eigenvalue weighted by molar-refractivity contribution is -0.137. The van der Waals surface area contributed by atoms with Crippen molar-refractivity contribution in [3.8, 4) is 0 Å². The van der Waals surface area contributed by atoms with Gasteiger partial charge in [-0.25, -0.2) is 0 Å². The summed E-state index contributed by atoms with van der Waals surface area (Å²) in [4.78, 5) is 18.4. The molecule has 4 nitrogen and oxygen atoms in total. The van der Waals surface area contributed by atoms with Crippen molar-refractivity contribution in [3.63, 3.8) is 0 Å². The minimum atomic E-state index is -0.201. The Hall–Kier alpha value is -1.69. The van der Waals surface area contributed by atoms with Crippen molar-refractivity contribution in [1.82, 2.24) is 15.1 Å². The summed E-state index contributed by atoms with van der Waals surface area (Å²) in [7, 11) is 2.04. The normalized spacial score (nSPS) is 16.5. The van der Waals surface area contributed by atoms with Crippen molar-refractivity contribution in [2.24, 2.45) is 0 Å². The summed E-state index contributed by atoms with van der Waals surface area (Å²) in [6.45, 7) is 4.11. The van der Waals surface area contributed by atoms with Crippen LogP contribution in [0.15, 0.2) is 47.8 Å². The van der Waals surface area contributed by atoms with Crippen LogP contribution in [0, 0.1) is 0 Å². The van der Waals surface area contributed by atoms with Crippen molar-refractivity contribution in [2.45, 2.75) is 12.6 Å². The maximum Gasteiger partial charge on any atom is 0.245 e. The maximum atomic E-state index is 13.1. The average molecular weight is 329 g/mol. The minimum absolute atomic E-state index is 0.201. The molecule has 1 amide bonds. The predicted molar refractivity (Wildman–Crippen MR) is 94.4 cm³/mol. The molecule has 5 heteroatoms. The molecule has 0 saturated carbocycles. The number of amides is 1. The summed E-state index contributed by atoms with van der Waals surface area (Å²) in [5, 5.41) is 5.35. The number of carbonyl (C=O) groups excluding carboxylic acids is 1. The van der Waals surface area contributed by atoms with Crippen LogP contribution in [0.25, 0.3) is 0 Å². The van der Waals surface area contributed by atoms with E-state index in [1.165, 1.54) is 5.56 Å². The van der Waals surface area contributed by atoms with Gasteiger partial charge in [0.2, 0.25) is 5.91 Å². The van der Waals surface area contributed by atoms with E-state index >= 15 is 0 Å². The highest BCUT2D eigenvalue weighted by atomic mass is 32.1. The molecule has 1 saturated heterocycles. The molecule has 3 rings (SSSR count). The Balaban J connectivity index is 1.79. The third-order valence-electron chi connectivity index (χ3n) is 4.19. The number of nitrogens with zero attached hydrogens (tertiary/aromatic N) is 2. The van der Waals surface area contributed by atoms with Crippen LogP contribution in [-0.2, 0) is 11.3 Å². The standard InChI is InChI=1S/C18H23N3OS/c1-20(14-15-6-3-2-4-7-15)17(16-8-5-13-23-16)18(22)21-11-9-19-10-12-21/h2-8,13,17,19H,9-12,14H2,1H3. The Labute approximate surface area is 141 Å². The smallest absolute Gasteiger partial charge is 0.245 e. The molecular weight excluding hydrogens is 306 g/mol. The molecule has 1 unspecified atom stereocenters. The van der Waals surface area contributed by atoms with Crippen LogP contribution in [-0.4, -0.2) is 48.9 Å². The first-order valence-corrected chi connectivity index (χ1v) is 8.91. The van der Waals surface area contributed by atoms with Crippen LogP contribution in [0.5, 0.6) is 0 Å². The molecule has 2 heterocycles. The molecule has 0 bridgehead atoms. The zero-order chi connectivity index (χ0) is 16.1. The molecule has 1 N–H and O–H groups in total. The van der Waals surface area contributed by atoms with E-state index in [9.17, 15) is 4.79 Å². The van der Waals surface area contributed by atoms with E-state index < -0.39 is 0 Å². The highest BCUT2D eigenvalue weighted by Crippen LogP contribution is 2.27. The molecule has 0 spiro atoms. The SMILES string of the molecule is CN(Cc1ccccc1)C(C(=O)N1CCNCC1)c1cccs1. The molecule has 122 valence electrons. The molecule has 1 aliphatic heterocycles. The van der Waals surface area contributed by atoms with Gasteiger partial charge in [-0.3, -0.25) is 9.69 Å². The first-order chi connectivity index (χ1) is 11.3. The van der Waals surface area contributed by atoms with Crippen molar-refractivity contribution in [2.75, 3.05) is 33.2 Å². The van der Waals surface area contributed by atoms with Crippen LogP contribution in [0.4, 0.5) is 0 Å². The van der Waals surface area contributed by atoms with E-state index in [1.54, 1.807) is 11.3 Å². The molecule has 1 fully saturated rings. The topological polar surface area (TPSA) is 35.6 Å². The van der Waals surface area contributed by atoms with Gasteiger partial charge in [0.05, 0.1) is 0 Å². The first kappa shape index (κ1) is 16.2. The molecule has 2 aromatic rings. The fourth-order valence-electron chi connectivity index (χ4n) is 3.00. The van der Waals surface area contributed by atoms with Crippen molar-refractivity contribution < 1.29 is 4.79 Å². The van der Waals surface area contributed by atoms with Gasteiger partial charge in [0, 0.05) is 37.6 Å². The van der Waals surface area contributed by atoms with Gasteiger partial charge in [-0.15, -0.1) is 11.3 Å². The van der Waals surface area contributed by atoms with Crippen LogP contribution >= 0.6 is 11.3 Å². The second-order valence-electron chi connectivity index (χ2n) is 5.89. The van der Waals surface area contributed by atoms with Gasteiger partial charge in [-0.1, -0.05) is 36.4 Å². The largest absolute Gasteiger partial charge is 0.338 e. The van der Waals surface area contributed by atoms with Crippen LogP contribution < -0.4 is 5.32 Å². The molecule has 1 atom stereocenters. The van der Waals surface area contributed by atoms with Gasteiger partial charge in [0.15, 0.2) is 0 Å². The van der Waals surface area contributed by atoms with Gasteiger partial charge in [0.25, 0.3) is 0 Å². The monoisotopic (exact) mass is 329 g/mol. The second kappa shape index (κ2) is 7.73. The Morgan fingerprint density at radius 1 is 1.22 bits per heavy atom. The van der Waals surface area contributed by atoms with Crippen LogP contribution in [0.2, 0.25) is 0 Å². The predicted octanol–water partition coefficient (Wildman–Crippen LogP) is 2.35. The molecule has 1 aliphatic rings. The number of benzene rings is 1.